The minimum atomic E-state index is -4.03. The van der Waals surface area contributed by atoms with Crippen molar-refractivity contribution < 1.29 is 17.9 Å². The van der Waals surface area contributed by atoms with Crippen LogP contribution in [-0.2, 0) is 21.2 Å². The molecule has 0 saturated heterocycles. The smallest absolute Gasteiger partial charge is 0.251 e. The summed E-state index contributed by atoms with van der Waals surface area (Å²) >= 11 is 1.41. The number of aromatic nitrogens is 1. The molecule has 37 heavy (non-hydrogen) atoms. The molecule has 9 nitrogen and oxygen atoms in total. The van der Waals surface area contributed by atoms with Crippen LogP contribution in [0.3, 0.4) is 0 Å². The zero-order chi connectivity index (χ0) is 26.4. The normalized spacial score (nSPS) is 12.4. The highest BCUT2D eigenvalue weighted by Gasteiger charge is 2.25. The third-order valence-corrected chi connectivity index (χ3v) is 8.20. The average Bonchev–Trinajstić information content (AvgIpc) is 3.33. The number of nitrogens with one attached hydrogen (secondary N) is 3. The minimum absolute atomic E-state index is 0.0320. The summed E-state index contributed by atoms with van der Waals surface area (Å²) in [7, 11) is -2.50. The number of carbonyl (C=O) groups excluding carboxylic acids is 1. The van der Waals surface area contributed by atoms with Crippen molar-refractivity contribution in [3.8, 4) is 0 Å². The second kappa shape index (κ2) is 11.6. The number of amidine groups is 1. The summed E-state index contributed by atoms with van der Waals surface area (Å²) in [6.45, 7) is 0.656. The van der Waals surface area contributed by atoms with Crippen LogP contribution in [0.5, 0.6) is 0 Å². The summed E-state index contributed by atoms with van der Waals surface area (Å²) in [5.41, 5.74) is 8.00. The molecule has 0 aliphatic heterocycles. The van der Waals surface area contributed by atoms with Crippen LogP contribution in [0.25, 0.3) is 10.2 Å². The molecule has 5 N–H and O–H groups in total. The summed E-state index contributed by atoms with van der Waals surface area (Å²) in [5.74, 6) is -0.461. The molecule has 0 spiro atoms. The molecule has 3 aromatic carbocycles. The number of carbonyl (C=O) groups is 1. The number of benzene rings is 3. The number of methoxy groups -OCH3 is 1. The highest BCUT2D eigenvalue weighted by atomic mass is 32.2. The molecule has 0 aliphatic carbocycles. The number of fused-ring (bicyclic) bond motifs is 1. The van der Waals surface area contributed by atoms with E-state index in [1.165, 1.54) is 36.6 Å². The first kappa shape index (κ1) is 26.4. The summed E-state index contributed by atoms with van der Waals surface area (Å²) in [6, 6.07) is 19.9. The van der Waals surface area contributed by atoms with Gasteiger partial charge in [0.15, 0.2) is 0 Å². The summed E-state index contributed by atoms with van der Waals surface area (Å²) < 4.78 is 35.6. The number of rotatable bonds is 11. The van der Waals surface area contributed by atoms with Crippen LogP contribution in [0.1, 0.15) is 32.5 Å². The van der Waals surface area contributed by atoms with Crippen LogP contribution in [-0.4, -0.2) is 45.4 Å². The van der Waals surface area contributed by atoms with Crippen molar-refractivity contribution >= 4 is 43.3 Å². The number of para-hydroxylation sites is 1. The molecule has 1 unspecified atom stereocenters. The van der Waals surface area contributed by atoms with Crippen molar-refractivity contribution in [3.05, 3.63) is 94.5 Å². The lowest BCUT2D eigenvalue weighted by Gasteiger charge is -2.18. The largest absolute Gasteiger partial charge is 0.384 e. The Hall–Kier alpha value is -3.64. The molecule has 0 bridgehead atoms. The van der Waals surface area contributed by atoms with Gasteiger partial charge in [-0.05, 0) is 48.4 Å². The van der Waals surface area contributed by atoms with Gasteiger partial charge in [0.2, 0.25) is 10.0 Å². The fourth-order valence-corrected chi connectivity index (χ4v) is 6.09. The van der Waals surface area contributed by atoms with E-state index >= 15 is 0 Å². The molecule has 192 valence electrons. The number of nitrogens with two attached hydrogens (primary N) is 1. The van der Waals surface area contributed by atoms with Crippen LogP contribution < -0.4 is 15.8 Å². The van der Waals surface area contributed by atoms with E-state index in [1.807, 2.05) is 30.3 Å². The van der Waals surface area contributed by atoms with Crippen LogP contribution in [0, 0.1) is 5.41 Å². The zero-order valence-electron chi connectivity index (χ0n) is 20.1. The number of nitrogens with zero attached hydrogens (tertiary/aromatic N) is 1. The molecule has 4 aromatic rings. The van der Waals surface area contributed by atoms with Gasteiger partial charge in [-0.1, -0.05) is 36.4 Å². The van der Waals surface area contributed by atoms with Gasteiger partial charge in [-0.15, -0.1) is 11.3 Å². The van der Waals surface area contributed by atoms with E-state index in [0.717, 1.165) is 15.8 Å². The highest BCUT2D eigenvalue weighted by molar-refractivity contribution is 7.89. The number of amides is 1. The molecular formula is C26H27N5O4S2. The maximum atomic E-state index is 13.5. The van der Waals surface area contributed by atoms with E-state index in [-0.39, 0.29) is 22.7 Å². The lowest BCUT2D eigenvalue weighted by atomic mass is 10.0. The lowest BCUT2D eigenvalue weighted by molar-refractivity contribution is 0.0937. The quantitative estimate of drug-likeness (QED) is 0.131. The van der Waals surface area contributed by atoms with E-state index < -0.39 is 22.0 Å². The molecule has 0 saturated carbocycles. The van der Waals surface area contributed by atoms with E-state index in [0.29, 0.717) is 23.7 Å². The topological polar surface area (TPSA) is 147 Å². The minimum Gasteiger partial charge on any atom is -0.384 e. The first-order valence-corrected chi connectivity index (χ1v) is 13.7. The number of nitrogen functional groups attached to an aromatic ring is 1. The molecule has 1 amide bonds. The summed E-state index contributed by atoms with van der Waals surface area (Å²) in [6.07, 6.45) is 0.289. The van der Waals surface area contributed by atoms with Crippen LogP contribution in [0.15, 0.2) is 77.7 Å². The molecule has 1 aromatic heterocycles. The number of hydrogen-bond donors (Lipinski definition) is 4. The van der Waals surface area contributed by atoms with Gasteiger partial charge in [-0.3, -0.25) is 10.2 Å². The van der Waals surface area contributed by atoms with Gasteiger partial charge in [0.1, 0.15) is 10.8 Å². The average molecular weight is 538 g/mol. The van der Waals surface area contributed by atoms with Crippen molar-refractivity contribution in [2.75, 3.05) is 20.3 Å². The van der Waals surface area contributed by atoms with Gasteiger partial charge in [0, 0.05) is 24.8 Å². The van der Waals surface area contributed by atoms with Crippen LogP contribution in [0.2, 0.25) is 0 Å². The standard InChI is InChI=1S/C26H27N5O4S2/c1-35-13-12-29-25(32)19-8-5-9-20(16-19)37(33,34)31-22(15-17-6-4-7-18(14-17)24(27)28)26-30-21-10-2-3-11-23(21)36-26/h2-11,14,16,22,31H,12-13,15H2,1H3,(H3,27,28)(H,29,32). The fraction of sp³-hybridized carbons (Fsp3) is 0.192. The van der Waals surface area contributed by atoms with Gasteiger partial charge in [-0.25, -0.2) is 18.1 Å². The summed E-state index contributed by atoms with van der Waals surface area (Å²) in [5, 5.41) is 11.0. The molecule has 0 fully saturated rings. The number of hydrogen-bond acceptors (Lipinski definition) is 7. The predicted molar refractivity (Wildman–Crippen MR) is 144 cm³/mol. The second-order valence-corrected chi connectivity index (χ2v) is 11.1. The lowest BCUT2D eigenvalue weighted by Crippen LogP contribution is -2.31. The first-order valence-electron chi connectivity index (χ1n) is 11.4. The van der Waals surface area contributed by atoms with E-state index in [4.69, 9.17) is 15.9 Å². The molecule has 4 rings (SSSR count). The second-order valence-electron chi connectivity index (χ2n) is 8.29. The van der Waals surface area contributed by atoms with Gasteiger partial charge in [0.05, 0.1) is 27.8 Å². The van der Waals surface area contributed by atoms with Crippen molar-refractivity contribution in [2.24, 2.45) is 5.73 Å². The SMILES string of the molecule is COCCNC(=O)c1cccc(S(=O)(=O)NC(Cc2cccc(C(=N)N)c2)c2nc3ccccc3s2)c1. The van der Waals surface area contributed by atoms with E-state index in [9.17, 15) is 13.2 Å². The number of sulfonamides is 1. The Kier molecular flexibility index (Phi) is 8.29. The Bertz CT molecular complexity index is 1500. The Morgan fingerprint density at radius 3 is 2.59 bits per heavy atom. The Morgan fingerprint density at radius 2 is 1.84 bits per heavy atom. The van der Waals surface area contributed by atoms with Crippen molar-refractivity contribution in [1.29, 1.82) is 5.41 Å². The van der Waals surface area contributed by atoms with E-state index in [1.54, 1.807) is 24.3 Å². The number of thiazole rings is 1. The molecule has 0 aliphatic rings. The van der Waals surface area contributed by atoms with Crippen LogP contribution >= 0.6 is 11.3 Å². The monoisotopic (exact) mass is 537 g/mol. The Balaban J connectivity index is 1.66. The zero-order valence-corrected chi connectivity index (χ0v) is 21.7. The number of ether oxygens (including phenoxy) is 1. The molecule has 11 heteroatoms. The maximum Gasteiger partial charge on any atom is 0.251 e. The van der Waals surface area contributed by atoms with Crippen LogP contribution in [0.4, 0.5) is 0 Å². The molecule has 1 atom stereocenters. The third-order valence-electron chi connectivity index (χ3n) is 5.58. The Labute approximate surface area is 219 Å². The van der Waals surface area contributed by atoms with Crippen molar-refractivity contribution in [2.45, 2.75) is 17.4 Å². The van der Waals surface area contributed by atoms with Gasteiger partial charge in [-0.2, -0.15) is 0 Å². The first-order chi connectivity index (χ1) is 17.8. The van der Waals surface area contributed by atoms with Gasteiger partial charge in [0.25, 0.3) is 5.91 Å². The van der Waals surface area contributed by atoms with Gasteiger partial charge >= 0.3 is 0 Å². The summed E-state index contributed by atoms with van der Waals surface area (Å²) in [4.78, 5) is 17.1. The molecule has 0 radical (unpaired) electrons. The Morgan fingerprint density at radius 1 is 1.08 bits per heavy atom. The maximum absolute atomic E-state index is 13.5. The fourth-order valence-electron chi connectivity index (χ4n) is 3.75. The van der Waals surface area contributed by atoms with Gasteiger partial charge < -0.3 is 15.8 Å². The van der Waals surface area contributed by atoms with Crippen molar-refractivity contribution in [3.63, 3.8) is 0 Å². The predicted octanol–water partition coefficient (Wildman–Crippen LogP) is 3.22. The highest BCUT2D eigenvalue weighted by Crippen LogP contribution is 2.30. The van der Waals surface area contributed by atoms with E-state index in [2.05, 4.69) is 15.0 Å². The van der Waals surface area contributed by atoms with Crippen molar-refractivity contribution in [1.82, 2.24) is 15.0 Å². The third kappa shape index (κ3) is 6.57. The molecular weight excluding hydrogens is 510 g/mol. The molecule has 1 heterocycles.